The van der Waals surface area contributed by atoms with Crippen LogP contribution in [0.15, 0.2) is 24.3 Å². The van der Waals surface area contributed by atoms with Crippen LogP contribution in [0.4, 0.5) is 0 Å². The molecule has 0 radical (unpaired) electrons. The van der Waals surface area contributed by atoms with Gasteiger partial charge in [0.2, 0.25) is 0 Å². The van der Waals surface area contributed by atoms with Crippen LogP contribution < -0.4 is 11.1 Å². The van der Waals surface area contributed by atoms with Crippen LogP contribution in [-0.2, 0) is 6.42 Å². The zero-order valence-electron chi connectivity index (χ0n) is 11.7. The highest BCUT2D eigenvalue weighted by atomic mass is 16.1. The summed E-state index contributed by atoms with van der Waals surface area (Å²) in [6.45, 7) is 2.70. The molecule has 3 N–H and O–H groups in total. The molecule has 1 aliphatic carbocycles. The van der Waals surface area contributed by atoms with Gasteiger partial charge in [0.15, 0.2) is 0 Å². The number of rotatable bonds is 5. The first kappa shape index (κ1) is 14.1. The fourth-order valence-corrected chi connectivity index (χ4v) is 2.98. The zero-order valence-corrected chi connectivity index (χ0v) is 11.7. The Morgan fingerprint density at radius 2 is 2.05 bits per heavy atom. The Hall–Kier alpha value is -1.35. The van der Waals surface area contributed by atoms with Gasteiger partial charge in [0, 0.05) is 11.6 Å². The van der Waals surface area contributed by atoms with Crippen LogP contribution in [0.5, 0.6) is 0 Å². The van der Waals surface area contributed by atoms with Gasteiger partial charge in [-0.1, -0.05) is 31.0 Å². The van der Waals surface area contributed by atoms with Crippen LogP contribution in [0.3, 0.4) is 0 Å². The lowest BCUT2D eigenvalue weighted by Crippen LogP contribution is -2.37. The van der Waals surface area contributed by atoms with Crippen molar-refractivity contribution < 1.29 is 4.79 Å². The Kier molecular flexibility index (Phi) is 4.97. The van der Waals surface area contributed by atoms with Crippen LogP contribution in [0, 0.1) is 5.92 Å². The number of nitrogens with one attached hydrogen (secondary N) is 1. The van der Waals surface area contributed by atoms with E-state index in [1.165, 1.54) is 25.7 Å². The molecule has 104 valence electrons. The van der Waals surface area contributed by atoms with Gasteiger partial charge < -0.3 is 11.1 Å². The predicted molar refractivity (Wildman–Crippen MR) is 78.1 cm³/mol. The van der Waals surface area contributed by atoms with Crippen LogP contribution in [0.25, 0.3) is 0 Å². The number of carbonyl (C=O) groups excluding carboxylic acids is 1. The average Bonchev–Trinajstić information content (AvgIpc) is 2.93. The average molecular weight is 260 g/mol. The summed E-state index contributed by atoms with van der Waals surface area (Å²) in [6, 6.07) is 8.02. The van der Waals surface area contributed by atoms with E-state index in [0.717, 1.165) is 17.5 Å². The number of amides is 1. The highest BCUT2D eigenvalue weighted by Crippen LogP contribution is 2.27. The van der Waals surface area contributed by atoms with Crippen molar-refractivity contribution in [3.8, 4) is 0 Å². The van der Waals surface area contributed by atoms with Gasteiger partial charge in [-0.2, -0.15) is 0 Å². The molecule has 1 atom stereocenters. The summed E-state index contributed by atoms with van der Waals surface area (Å²) in [6.07, 6.45) is 5.84. The normalized spacial score (nSPS) is 17.4. The second kappa shape index (κ2) is 6.71. The Balaban J connectivity index is 2.02. The third-order valence-corrected chi connectivity index (χ3v) is 4.14. The Morgan fingerprint density at radius 1 is 1.37 bits per heavy atom. The first-order valence-electron chi connectivity index (χ1n) is 7.31. The van der Waals surface area contributed by atoms with E-state index in [9.17, 15) is 4.79 Å². The quantitative estimate of drug-likeness (QED) is 0.854. The van der Waals surface area contributed by atoms with E-state index < -0.39 is 0 Å². The zero-order chi connectivity index (χ0) is 13.7. The number of nitrogens with two attached hydrogens (primary N) is 1. The van der Waals surface area contributed by atoms with E-state index in [4.69, 9.17) is 5.73 Å². The molecular weight excluding hydrogens is 236 g/mol. The monoisotopic (exact) mass is 260 g/mol. The minimum Gasteiger partial charge on any atom is -0.349 e. The Labute approximate surface area is 115 Å². The molecule has 0 heterocycles. The molecule has 1 unspecified atom stereocenters. The van der Waals surface area contributed by atoms with Gasteiger partial charge in [0.05, 0.1) is 0 Å². The molecule has 1 aliphatic rings. The van der Waals surface area contributed by atoms with Crippen molar-refractivity contribution in [2.75, 3.05) is 6.54 Å². The SMILES string of the molecule is CC(NC(=O)c1ccccc1CCN)C1CCCC1. The van der Waals surface area contributed by atoms with E-state index in [2.05, 4.69) is 12.2 Å². The maximum atomic E-state index is 12.4. The molecule has 19 heavy (non-hydrogen) atoms. The molecule has 3 nitrogen and oxygen atoms in total. The molecular formula is C16H24N2O. The third kappa shape index (κ3) is 3.57. The highest BCUT2D eigenvalue weighted by molar-refractivity contribution is 5.95. The topological polar surface area (TPSA) is 55.1 Å². The van der Waals surface area contributed by atoms with Crippen molar-refractivity contribution in [2.24, 2.45) is 11.7 Å². The summed E-state index contributed by atoms with van der Waals surface area (Å²) < 4.78 is 0. The van der Waals surface area contributed by atoms with E-state index in [0.29, 0.717) is 12.5 Å². The molecule has 1 aromatic carbocycles. The van der Waals surface area contributed by atoms with Crippen molar-refractivity contribution in [2.45, 2.75) is 45.1 Å². The molecule has 0 spiro atoms. The molecule has 0 bridgehead atoms. The Morgan fingerprint density at radius 3 is 2.74 bits per heavy atom. The smallest absolute Gasteiger partial charge is 0.251 e. The maximum absolute atomic E-state index is 12.4. The number of hydrogen-bond acceptors (Lipinski definition) is 2. The van der Waals surface area contributed by atoms with E-state index >= 15 is 0 Å². The molecule has 0 aromatic heterocycles. The lowest BCUT2D eigenvalue weighted by molar-refractivity contribution is 0.0926. The minimum atomic E-state index is 0.0449. The molecule has 2 rings (SSSR count). The largest absolute Gasteiger partial charge is 0.349 e. The van der Waals surface area contributed by atoms with Gasteiger partial charge in [-0.25, -0.2) is 0 Å². The van der Waals surface area contributed by atoms with Crippen LogP contribution in [0.2, 0.25) is 0 Å². The standard InChI is InChI=1S/C16H24N2O/c1-12(13-6-2-3-7-13)18-16(19)15-9-5-4-8-14(15)10-11-17/h4-5,8-9,12-13H,2-3,6-7,10-11,17H2,1H3,(H,18,19). The summed E-state index contributed by atoms with van der Waals surface area (Å²) in [5, 5.41) is 3.16. The summed E-state index contributed by atoms with van der Waals surface area (Å²) in [4.78, 5) is 12.4. The van der Waals surface area contributed by atoms with Crippen LogP contribution in [-0.4, -0.2) is 18.5 Å². The fraction of sp³-hybridized carbons (Fsp3) is 0.562. The van der Waals surface area contributed by atoms with E-state index in [-0.39, 0.29) is 11.9 Å². The maximum Gasteiger partial charge on any atom is 0.251 e. The molecule has 0 aliphatic heterocycles. The van der Waals surface area contributed by atoms with E-state index in [1.54, 1.807) is 0 Å². The van der Waals surface area contributed by atoms with Gasteiger partial charge in [0.25, 0.3) is 5.91 Å². The number of benzene rings is 1. The van der Waals surface area contributed by atoms with Gasteiger partial charge in [0.1, 0.15) is 0 Å². The van der Waals surface area contributed by atoms with E-state index in [1.807, 2.05) is 24.3 Å². The van der Waals surface area contributed by atoms with Crippen molar-refractivity contribution in [3.63, 3.8) is 0 Å². The van der Waals surface area contributed by atoms with Crippen molar-refractivity contribution in [1.82, 2.24) is 5.32 Å². The molecule has 0 saturated heterocycles. The molecule has 1 amide bonds. The predicted octanol–water partition coefficient (Wildman–Crippen LogP) is 2.50. The second-order valence-corrected chi connectivity index (χ2v) is 5.50. The first-order valence-corrected chi connectivity index (χ1v) is 7.31. The summed E-state index contributed by atoms with van der Waals surface area (Å²) >= 11 is 0. The van der Waals surface area contributed by atoms with Gasteiger partial charge in [-0.05, 0) is 50.3 Å². The fourth-order valence-electron chi connectivity index (χ4n) is 2.98. The van der Waals surface area contributed by atoms with Gasteiger partial charge in [-0.3, -0.25) is 4.79 Å². The minimum absolute atomic E-state index is 0.0449. The summed E-state index contributed by atoms with van der Waals surface area (Å²) in [7, 11) is 0. The Bertz CT molecular complexity index is 425. The van der Waals surface area contributed by atoms with Crippen LogP contribution >= 0.6 is 0 Å². The lowest BCUT2D eigenvalue weighted by atomic mass is 9.98. The number of hydrogen-bond donors (Lipinski definition) is 2. The first-order chi connectivity index (χ1) is 9.22. The molecule has 1 aromatic rings. The summed E-state index contributed by atoms with van der Waals surface area (Å²) in [5.74, 6) is 0.689. The highest BCUT2D eigenvalue weighted by Gasteiger charge is 2.23. The molecule has 1 saturated carbocycles. The third-order valence-electron chi connectivity index (χ3n) is 4.14. The van der Waals surface area contributed by atoms with Gasteiger partial charge in [-0.15, -0.1) is 0 Å². The van der Waals surface area contributed by atoms with Crippen molar-refractivity contribution >= 4 is 5.91 Å². The second-order valence-electron chi connectivity index (χ2n) is 5.50. The van der Waals surface area contributed by atoms with Gasteiger partial charge >= 0.3 is 0 Å². The molecule has 1 fully saturated rings. The molecule has 3 heteroatoms. The number of carbonyl (C=O) groups is 1. The van der Waals surface area contributed by atoms with Crippen LogP contribution in [0.1, 0.15) is 48.5 Å². The van der Waals surface area contributed by atoms with Crippen molar-refractivity contribution in [3.05, 3.63) is 35.4 Å². The lowest BCUT2D eigenvalue weighted by Gasteiger charge is -2.21. The summed E-state index contributed by atoms with van der Waals surface area (Å²) in [5.41, 5.74) is 7.42. The van der Waals surface area contributed by atoms with Crippen molar-refractivity contribution in [1.29, 1.82) is 0 Å².